The molecule has 5 N–H and O–H groups in total. The van der Waals surface area contributed by atoms with E-state index in [1.165, 1.54) is 0 Å². The third kappa shape index (κ3) is 7.30. The molecular weight excluding hydrogens is 196 g/mol. The van der Waals surface area contributed by atoms with E-state index in [0.29, 0.717) is 12.8 Å². The number of hydrogen-bond acceptors (Lipinski definition) is 4. The summed E-state index contributed by atoms with van der Waals surface area (Å²) in [7, 11) is 0. The standard InChI is InChI=1S/C10H22N2O3/c1-2-3-4-5-8(12-15)6-7-9(11)10(13)14/h8-9,12,15H,2-7,11H2,1H3,(H,13,14)/t8?,9-/m1/s1. The van der Waals surface area contributed by atoms with Gasteiger partial charge in [-0.05, 0) is 19.3 Å². The number of rotatable bonds is 9. The maximum atomic E-state index is 10.5. The minimum Gasteiger partial charge on any atom is -0.480 e. The average molecular weight is 218 g/mol. The molecule has 0 aromatic heterocycles. The van der Waals surface area contributed by atoms with Crippen LogP contribution < -0.4 is 11.2 Å². The van der Waals surface area contributed by atoms with Gasteiger partial charge >= 0.3 is 5.97 Å². The Morgan fingerprint density at radius 3 is 2.47 bits per heavy atom. The van der Waals surface area contributed by atoms with Crippen LogP contribution in [0.15, 0.2) is 0 Å². The van der Waals surface area contributed by atoms with Crippen molar-refractivity contribution in [3.8, 4) is 0 Å². The Morgan fingerprint density at radius 2 is 2.00 bits per heavy atom. The van der Waals surface area contributed by atoms with Gasteiger partial charge in [-0.2, -0.15) is 0 Å². The van der Waals surface area contributed by atoms with Crippen molar-refractivity contribution in [1.29, 1.82) is 0 Å². The van der Waals surface area contributed by atoms with Gasteiger partial charge in [0.2, 0.25) is 0 Å². The van der Waals surface area contributed by atoms with Gasteiger partial charge < -0.3 is 16.0 Å². The van der Waals surface area contributed by atoms with Crippen LogP contribution in [0.25, 0.3) is 0 Å². The molecule has 0 aromatic carbocycles. The van der Waals surface area contributed by atoms with E-state index in [-0.39, 0.29) is 6.04 Å². The second-order valence-corrected chi connectivity index (χ2v) is 3.84. The summed E-state index contributed by atoms with van der Waals surface area (Å²) < 4.78 is 0. The largest absolute Gasteiger partial charge is 0.480 e. The molecule has 0 saturated heterocycles. The lowest BCUT2D eigenvalue weighted by atomic mass is 10.0. The molecule has 90 valence electrons. The highest BCUT2D eigenvalue weighted by molar-refractivity contribution is 5.72. The van der Waals surface area contributed by atoms with Crippen LogP contribution in [0.3, 0.4) is 0 Å². The quantitative estimate of drug-likeness (QED) is 0.343. The summed E-state index contributed by atoms with van der Waals surface area (Å²) in [5.74, 6) is -0.986. The van der Waals surface area contributed by atoms with Crippen molar-refractivity contribution in [2.75, 3.05) is 0 Å². The van der Waals surface area contributed by atoms with Crippen molar-refractivity contribution < 1.29 is 15.1 Å². The number of hydrogen-bond donors (Lipinski definition) is 4. The third-order valence-corrected chi connectivity index (χ3v) is 2.48. The second kappa shape index (κ2) is 8.64. The summed E-state index contributed by atoms with van der Waals surface area (Å²) in [4.78, 5) is 10.5. The van der Waals surface area contributed by atoms with Crippen molar-refractivity contribution in [2.24, 2.45) is 5.73 Å². The van der Waals surface area contributed by atoms with Crippen LogP contribution in [0.1, 0.15) is 45.4 Å². The molecule has 0 bridgehead atoms. The van der Waals surface area contributed by atoms with E-state index in [1.807, 2.05) is 0 Å². The molecular formula is C10H22N2O3. The number of carboxylic acids is 1. The van der Waals surface area contributed by atoms with E-state index in [9.17, 15) is 4.79 Å². The first-order valence-corrected chi connectivity index (χ1v) is 5.49. The molecule has 0 heterocycles. The second-order valence-electron chi connectivity index (χ2n) is 3.84. The van der Waals surface area contributed by atoms with Crippen molar-refractivity contribution in [2.45, 2.75) is 57.5 Å². The van der Waals surface area contributed by atoms with E-state index >= 15 is 0 Å². The number of aliphatic carboxylic acids is 1. The summed E-state index contributed by atoms with van der Waals surface area (Å²) >= 11 is 0. The van der Waals surface area contributed by atoms with E-state index in [4.69, 9.17) is 16.0 Å². The first-order chi connectivity index (χ1) is 7.11. The Labute approximate surface area is 90.6 Å². The normalized spacial score (nSPS) is 14.9. The van der Waals surface area contributed by atoms with Gasteiger partial charge in [-0.1, -0.05) is 26.2 Å². The highest BCUT2D eigenvalue weighted by atomic mass is 16.5. The van der Waals surface area contributed by atoms with Crippen LogP contribution >= 0.6 is 0 Å². The highest BCUT2D eigenvalue weighted by Crippen LogP contribution is 2.09. The number of nitrogens with two attached hydrogens (primary N) is 1. The summed E-state index contributed by atoms with van der Waals surface area (Å²) in [5.41, 5.74) is 7.57. The highest BCUT2D eigenvalue weighted by Gasteiger charge is 2.14. The minimum atomic E-state index is -0.986. The molecule has 0 radical (unpaired) electrons. The number of carboxylic acid groups (broad SMARTS) is 1. The molecule has 0 fully saturated rings. The number of hydroxylamine groups is 1. The van der Waals surface area contributed by atoms with Crippen molar-refractivity contribution in [1.82, 2.24) is 5.48 Å². The molecule has 1 unspecified atom stereocenters. The fourth-order valence-electron chi connectivity index (χ4n) is 1.42. The molecule has 5 nitrogen and oxygen atoms in total. The molecule has 0 amide bonds. The summed E-state index contributed by atoms with van der Waals surface area (Å²) in [6.45, 7) is 2.11. The zero-order valence-corrected chi connectivity index (χ0v) is 9.28. The van der Waals surface area contributed by atoms with Crippen molar-refractivity contribution in [3.05, 3.63) is 0 Å². The average Bonchev–Trinajstić information content (AvgIpc) is 2.22. The Hall–Kier alpha value is -0.650. The summed E-state index contributed by atoms with van der Waals surface area (Å²) in [6, 6.07) is -0.867. The fourth-order valence-corrected chi connectivity index (χ4v) is 1.42. The molecule has 0 aromatic rings. The van der Waals surface area contributed by atoms with Gasteiger partial charge in [-0.25, -0.2) is 5.48 Å². The van der Waals surface area contributed by atoms with Crippen LogP contribution in [-0.4, -0.2) is 28.4 Å². The molecule has 0 aliphatic carbocycles. The molecule has 0 aliphatic heterocycles. The van der Waals surface area contributed by atoms with E-state index in [0.717, 1.165) is 25.7 Å². The van der Waals surface area contributed by atoms with Crippen LogP contribution in [0.4, 0.5) is 0 Å². The monoisotopic (exact) mass is 218 g/mol. The molecule has 2 atom stereocenters. The molecule has 0 aliphatic rings. The molecule has 0 spiro atoms. The Kier molecular flexibility index (Phi) is 8.27. The van der Waals surface area contributed by atoms with Crippen molar-refractivity contribution in [3.63, 3.8) is 0 Å². The van der Waals surface area contributed by atoms with Crippen LogP contribution in [0.5, 0.6) is 0 Å². The first kappa shape index (κ1) is 14.3. The van der Waals surface area contributed by atoms with Crippen LogP contribution in [0, 0.1) is 0 Å². The van der Waals surface area contributed by atoms with Crippen LogP contribution in [0.2, 0.25) is 0 Å². The predicted molar refractivity (Wildman–Crippen MR) is 57.7 cm³/mol. The Bertz CT molecular complexity index is 176. The van der Waals surface area contributed by atoms with Gasteiger partial charge in [0.1, 0.15) is 6.04 Å². The predicted octanol–water partition coefficient (Wildman–Crippen LogP) is 1.11. The molecule has 15 heavy (non-hydrogen) atoms. The Morgan fingerprint density at radius 1 is 1.33 bits per heavy atom. The number of unbranched alkanes of at least 4 members (excludes halogenated alkanes) is 2. The molecule has 0 saturated carbocycles. The van der Waals surface area contributed by atoms with Gasteiger partial charge in [-0.3, -0.25) is 4.79 Å². The van der Waals surface area contributed by atoms with E-state index < -0.39 is 12.0 Å². The lowest BCUT2D eigenvalue weighted by molar-refractivity contribution is -0.138. The fraction of sp³-hybridized carbons (Fsp3) is 0.900. The third-order valence-electron chi connectivity index (χ3n) is 2.48. The van der Waals surface area contributed by atoms with Gasteiger partial charge in [0.25, 0.3) is 0 Å². The maximum absolute atomic E-state index is 10.5. The number of nitrogens with one attached hydrogen (secondary N) is 1. The van der Waals surface area contributed by atoms with Crippen molar-refractivity contribution >= 4 is 5.97 Å². The maximum Gasteiger partial charge on any atom is 0.320 e. The summed E-state index contributed by atoms with van der Waals surface area (Å²) in [5, 5.41) is 17.4. The zero-order chi connectivity index (χ0) is 11.7. The van der Waals surface area contributed by atoms with Gasteiger partial charge in [-0.15, -0.1) is 0 Å². The SMILES string of the molecule is CCCCCC(CC[C@@H](N)C(=O)O)NO. The lowest BCUT2D eigenvalue weighted by Gasteiger charge is -2.15. The minimum absolute atomic E-state index is 0.0399. The van der Waals surface area contributed by atoms with E-state index in [1.54, 1.807) is 0 Å². The Balaban J connectivity index is 3.65. The molecule has 0 rings (SSSR count). The molecule has 5 heteroatoms. The number of carbonyl (C=O) groups is 1. The van der Waals surface area contributed by atoms with Gasteiger partial charge in [0, 0.05) is 6.04 Å². The first-order valence-electron chi connectivity index (χ1n) is 5.49. The van der Waals surface area contributed by atoms with E-state index in [2.05, 4.69) is 12.4 Å². The van der Waals surface area contributed by atoms with Crippen LogP contribution in [-0.2, 0) is 4.79 Å². The smallest absolute Gasteiger partial charge is 0.320 e. The van der Waals surface area contributed by atoms with Gasteiger partial charge in [0.15, 0.2) is 0 Å². The van der Waals surface area contributed by atoms with Gasteiger partial charge in [0.05, 0.1) is 0 Å². The lowest BCUT2D eigenvalue weighted by Crippen LogP contribution is -2.33. The zero-order valence-electron chi connectivity index (χ0n) is 9.28. The summed E-state index contributed by atoms with van der Waals surface area (Å²) in [6.07, 6.45) is 5.14. The topological polar surface area (TPSA) is 95.6 Å².